The van der Waals surface area contributed by atoms with Gasteiger partial charge in [-0.1, -0.05) is 115 Å². The molecule has 0 bridgehead atoms. The summed E-state index contributed by atoms with van der Waals surface area (Å²) < 4.78 is 0. The van der Waals surface area contributed by atoms with Crippen LogP contribution in [0, 0.1) is 56.3 Å². The zero-order chi connectivity index (χ0) is 33.3. The first-order chi connectivity index (χ1) is 20.1. The van der Waals surface area contributed by atoms with Crippen LogP contribution in [0.4, 0.5) is 0 Å². The van der Waals surface area contributed by atoms with Gasteiger partial charge in [0.1, 0.15) is 0 Å². The summed E-state index contributed by atoms with van der Waals surface area (Å²) in [6.07, 6.45) is 39.3. The van der Waals surface area contributed by atoms with Gasteiger partial charge >= 0.3 is 80.4 Å². The molecule has 6 aliphatic rings. The van der Waals surface area contributed by atoms with Crippen molar-refractivity contribution in [1.29, 1.82) is 0 Å². The van der Waals surface area contributed by atoms with Gasteiger partial charge in [0, 0.05) is 10.8 Å². The van der Waals surface area contributed by atoms with E-state index in [0.717, 1.165) is 6.42 Å². The molecule has 0 aromatic rings. The molecule has 2 saturated carbocycles. The van der Waals surface area contributed by atoms with Crippen molar-refractivity contribution in [1.82, 2.24) is 0 Å². The van der Waals surface area contributed by atoms with Crippen molar-refractivity contribution in [2.24, 2.45) is 43.8 Å². The smallest absolute Gasteiger partial charge is 0.00455 e. The standard InChI is InChI=1S/C29H37.C8H18Si.C5H5.2ClH.Zr/c1-21-14-13-15-22-20-27(6)25(4)18-10-9-16-23(25,2)24(3)17-11-12-19-26(24,5)29(27,8)28(21,22)7;1-7(2,3)9-8(4,5)6;1-2-4-5-3-1;;;/h9-20,22H,1-8H3;1-6H3;1-3H,4H2;2*1H;/q-1;;-1;;;+2/p-2. The first-order valence-electron chi connectivity index (χ1n) is 16.8. The molecular weight excluding hydrogens is 695 g/mol. The maximum atomic E-state index is 2.99. The Bertz CT molecular complexity index is 1400. The number of hydrogen-bond acceptors (Lipinski definition) is 0. The van der Waals surface area contributed by atoms with E-state index in [1.807, 2.05) is 12.2 Å². The van der Waals surface area contributed by atoms with Crippen molar-refractivity contribution in [2.75, 3.05) is 0 Å². The predicted molar refractivity (Wildman–Crippen MR) is 191 cm³/mol. The summed E-state index contributed by atoms with van der Waals surface area (Å²) in [5.74, 6) is 0.460. The molecule has 4 heteroatoms. The minimum absolute atomic E-state index is 0. The molecular formula is C42H60Cl2SiZr-2. The fourth-order valence-electron chi connectivity index (χ4n) is 10.7. The van der Waals surface area contributed by atoms with Gasteiger partial charge in [0.15, 0.2) is 0 Å². The Morgan fingerprint density at radius 2 is 1.17 bits per heavy atom. The van der Waals surface area contributed by atoms with E-state index in [1.165, 1.54) is 5.57 Å². The third-order valence-corrected chi connectivity index (χ3v) is 28.2. The van der Waals surface area contributed by atoms with E-state index in [0.29, 0.717) is 16.0 Å². The molecule has 0 saturated heterocycles. The molecule has 0 heterocycles. The van der Waals surface area contributed by atoms with E-state index in [1.54, 1.807) is 23.3 Å². The quantitative estimate of drug-likeness (QED) is 0.208. The van der Waals surface area contributed by atoms with Gasteiger partial charge in [0.25, 0.3) is 0 Å². The van der Waals surface area contributed by atoms with Crippen LogP contribution in [0.25, 0.3) is 0 Å². The third kappa shape index (κ3) is 5.44. The van der Waals surface area contributed by atoms with Crippen LogP contribution >= 0.6 is 0 Å². The average Bonchev–Trinajstić information content (AvgIpc) is 3.58. The molecule has 252 valence electrons. The van der Waals surface area contributed by atoms with E-state index in [9.17, 15) is 0 Å². The molecule has 0 nitrogen and oxygen atoms in total. The van der Waals surface area contributed by atoms with Crippen LogP contribution in [-0.2, 0) is 23.3 Å². The zero-order valence-electron chi connectivity index (χ0n) is 31.2. The van der Waals surface area contributed by atoms with Gasteiger partial charge < -0.3 is 31.2 Å². The second kappa shape index (κ2) is 13.4. The van der Waals surface area contributed by atoms with Crippen LogP contribution in [0.2, 0.25) is 10.1 Å². The van der Waals surface area contributed by atoms with Gasteiger partial charge in [0.2, 0.25) is 0 Å². The Hall–Kier alpha value is -0.400. The second-order valence-corrected chi connectivity index (χ2v) is 25.0. The summed E-state index contributed by atoms with van der Waals surface area (Å²) >= 11 is 1.77. The summed E-state index contributed by atoms with van der Waals surface area (Å²) in [4.78, 5) is 0. The molecule has 0 aromatic heterocycles. The Balaban J connectivity index is 0.000000362. The van der Waals surface area contributed by atoms with E-state index in [-0.39, 0.29) is 68.2 Å². The van der Waals surface area contributed by atoms with Gasteiger partial charge in [-0.15, -0.1) is 23.8 Å². The minimum Gasteiger partial charge on any atom is -1.00 e. The SMILES string of the molecule is CC(C)(C)[Si](=[Zr+2])C(C)(C)C.CC1=CC=CC2[CH-]C3(C)C4(C)C=CC=CC4(C)C4(C)C=CC=CC4(C)C3(C)C12C.[C-]1=CC=CC1.[Cl-].[Cl-]. The predicted octanol–water partition coefficient (Wildman–Crippen LogP) is 6.08. The number of fused-ring (bicyclic) bond motifs is 8. The molecule has 46 heavy (non-hydrogen) atoms. The first-order valence-corrected chi connectivity index (χ1v) is 22.0. The van der Waals surface area contributed by atoms with Crippen LogP contribution in [-0.4, -0.2) is 5.43 Å². The first kappa shape index (κ1) is 41.8. The number of rotatable bonds is 0. The number of halogens is 2. The minimum atomic E-state index is -0.131. The van der Waals surface area contributed by atoms with Crippen molar-refractivity contribution in [3.8, 4) is 0 Å². The summed E-state index contributed by atoms with van der Waals surface area (Å²) in [6.45, 7) is 34.6. The molecule has 6 aliphatic carbocycles. The molecule has 8 atom stereocenters. The molecule has 2 fully saturated rings. The van der Waals surface area contributed by atoms with E-state index in [4.69, 9.17) is 0 Å². The fourth-order valence-corrected chi connectivity index (χ4v) is 13.0. The largest absolute Gasteiger partial charge is 1.00 e. The van der Waals surface area contributed by atoms with Crippen LogP contribution in [0.1, 0.15) is 103 Å². The van der Waals surface area contributed by atoms with E-state index in [2.05, 4.69) is 182 Å². The van der Waals surface area contributed by atoms with Gasteiger partial charge in [0.05, 0.1) is 0 Å². The molecule has 0 spiro atoms. The monoisotopic (exact) mass is 752 g/mol. The Morgan fingerprint density at radius 1 is 0.717 bits per heavy atom. The topological polar surface area (TPSA) is 0 Å². The van der Waals surface area contributed by atoms with Crippen LogP contribution < -0.4 is 24.8 Å². The van der Waals surface area contributed by atoms with Crippen molar-refractivity contribution in [3.63, 3.8) is 0 Å². The molecule has 0 aromatic carbocycles. The summed E-state index contributed by atoms with van der Waals surface area (Å²) in [5.41, 5.74) is 1.60. The Labute approximate surface area is 311 Å². The number of allylic oxidation sites excluding steroid dienone is 16. The van der Waals surface area contributed by atoms with Crippen molar-refractivity contribution in [3.05, 3.63) is 103 Å². The van der Waals surface area contributed by atoms with Crippen molar-refractivity contribution < 1.29 is 48.1 Å². The van der Waals surface area contributed by atoms with Gasteiger partial charge in [-0.25, -0.2) is 12.2 Å². The molecule has 6 rings (SSSR count). The molecule has 0 amide bonds. The van der Waals surface area contributed by atoms with Gasteiger partial charge in [-0.2, -0.15) is 6.08 Å². The van der Waals surface area contributed by atoms with Crippen molar-refractivity contribution in [2.45, 2.75) is 113 Å². The maximum Gasteiger partial charge on any atom is 0.00455 e. The fraction of sp³-hybridized carbons (Fsp3) is 0.595. The molecule has 0 N–H and O–H groups in total. The van der Waals surface area contributed by atoms with Crippen LogP contribution in [0.15, 0.2) is 90.6 Å². The third-order valence-electron chi connectivity index (χ3n) is 14.1. The zero-order valence-corrected chi connectivity index (χ0v) is 36.2. The average molecular weight is 755 g/mol. The van der Waals surface area contributed by atoms with E-state index < -0.39 is 0 Å². The Kier molecular flexibility index (Phi) is 12.2. The molecule has 8 unspecified atom stereocenters. The molecule has 0 radical (unpaired) electrons. The molecule has 0 aliphatic heterocycles. The Morgan fingerprint density at radius 3 is 1.57 bits per heavy atom. The summed E-state index contributed by atoms with van der Waals surface area (Å²) in [6, 6.07) is 0. The number of hydrogen-bond donors (Lipinski definition) is 0. The van der Waals surface area contributed by atoms with Gasteiger partial charge in [-0.3, -0.25) is 6.08 Å². The summed E-state index contributed by atoms with van der Waals surface area (Å²) in [7, 11) is 0. The normalized spacial score (nSPS) is 42.1. The van der Waals surface area contributed by atoms with Crippen LogP contribution in [0.5, 0.6) is 0 Å². The summed E-state index contributed by atoms with van der Waals surface area (Å²) in [5, 5.41) is 1.17. The van der Waals surface area contributed by atoms with Crippen LogP contribution in [0.3, 0.4) is 0 Å². The second-order valence-electron chi connectivity index (χ2n) is 17.6. The van der Waals surface area contributed by atoms with Crippen molar-refractivity contribution >= 4 is 5.43 Å². The van der Waals surface area contributed by atoms with Gasteiger partial charge in [-0.05, 0) is 28.6 Å². The van der Waals surface area contributed by atoms with E-state index >= 15 is 0 Å². The maximum absolute atomic E-state index is 2.99.